The number of rotatable bonds is 4. The van der Waals surface area contributed by atoms with E-state index in [9.17, 15) is 0 Å². The normalized spacial score (nSPS) is 20.3. The van der Waals surface area contributed by atoms with Crippen LogP contribution in [0.4, 0.5) is 5.82 Å². The van der Waals surface area contributed by atoms with E-state index in [1.807, 2.05) is 0 Å². The van der Waals surface area contributed by atoms with E-state index in [1.165, 1.54) is 0 Å². The molecular formula is C13H18N4O. The van der Waals surface area contributed by atoms with E-state index in [2.05, 4.69) is 28.2 Å². The van der Waals surface area contributed by atoms with Gasteiger partial charge in [-0.25, -0.2) is 4.98 Å². The van der Waals surface area contributed by atoms with Gasteiger partial charge in [0.2, 0.25) is 0 Å². The Morgan fingerprint density at radius 1 is 1.67 bits per heavy atom. The number of hydrogen-bond donors (Lipinski definition) is 1. The number of nitriles is 1. The second-order valence-electron chi connectivity index (χ2n) is 4.28. The summed E-state index contributed by atoms with van der Waals surface area (Å²) in [6.45, 7) is 6.59. The van der Waals surface area contributed by atoms with Crippen LogP contribution in [0, 0.1) is 11.3 Å². The second-order valence-corrected chi connectivity index (χ2v) is 4.28. The van der Waals surface area contributed by atoms with Crippen LogP contribution in [0.25, 0.3) is 0 Å². The molecule has 5 heteroatoms. The van der Waals surface area contributed by atoms with Crippen LogP contribution in [-0.4, -0.2) is 48.8 Å². The highest BCUT2D eigenvalue weighted by Crippen LogP contribution is 2.11. The number of nitrogens with zero attached hydrogens (tertiary/aromatic N) is 3. The first-order chi connectivity index (χ1) is 8.83. The van der Waals surface area contributed by atoms with Gasteiger partial charge in [0.25, 0.3) is 0 Å². The van der Waals surface area contributed by atoms with Crippen molar-refractivity contribution >= 4 is 5.82 Å². The van der Waals surface area contributed by atoms with Gasteiger partial charge in [-0.3, -0.25) is 4.90 Å². The molecule has 2 heterocycles. The zero-order valence-electron chi connectivity index (χ0n) is 10.6. The van der Waals surface area contributed by atoms with Crippen LogP contribution in [0.3, 0.4) is 0 Å². The molecule has 1 aliphatic rings. The molecule has 1 saturated heterocycles. The predicted octanol–water partition coefficient (Wildman–Crippen LogP) is 1.09. The van der Waals surface area contributed by atoms with Crippen molar-refractivity contribution in [2.45, 2.75) is 13.0 Å². The van der Waals surface area contributed by atoms with Crippen LogP contribution < -0.4 is 5.32 Å². The molecule has 0 aromatic carbocycles. The van der Waals surface area contributed by atoms with Crippen molar-refractivity contribution in [2.75, 3.05) is 38.1 Å². The molecule has 1 atom stereocenters. The molecule has 0 saturated carbocycles. The Labute approximate surface area is 107 Å². The quantitative estimate of drug-likeness (QED) is 0.861. The largest absolute Gasteiger partial charge is 0.374 e. The zero-order valence-corrected chi connectivity index (χ0v) is 10.6. The lowest BCUT2D eigenvalue weighted by atomic mass is 10.2. The molecule has 0 radical (unpaired) electrons. The lowest BCUT2D eigenvalue weighted by Gasteiger charge is -2.32. The van der Waals surface area contributed by atoms with Crippen molar-refractivity contribution in [3.05, 3.63) is 23.9 Å². The van der Waals surface area contributed by atoms with Crippen molar-refractivity contribution in [3.8, 4) is 6.07 Å². The first-order valence-corrected chi connectivity index (χ1v) is 6.26. The summed E-state index contributed by atoms with van der Waals surface area (Å²) >= 11 is 0. The molecule has 1 aromatic heterocycles. The molecule has 0 aliphatic carbocycles. The third-order valence-electron chi connectivity index (χ3n) is 3.10. The van der Waals surface area contributed by atoms with Gasteiger partial charge >= 0.3 is 0 Å². The van der Waals surface area contributed by atoms with Gasteiger partial charge in [-0.2, -0.15) is 5.26 Å². The first kappa shape index (κ1) is 12.8. The van der Waals surface area contributed by atoms with Crippen molar-refractivity contribution in [1.82, 2.24) is 9.88 Å². The van der Waals surface area contributed by atoms with Gasteiger partial charge in [-0.1, -0.05) is 6.92 Å². The minimum Gasteiger partial charge on any atom is -0.374 e. The SMILES string of the molecule is CCN1CCOC(CNc2ncccc2C#N)C1. The van der Waals surface area contributed by atoms with E-state index >= 15 is 0 Å². The van der Waals surface area contributed by atoms with Crippen molar-refractivity contribution in [1.29, 1.82) is 5.26 Å². The number of ether oxygens (including phenoxy) is 1. The van der Waals surface area contributed by atoms with E-state index in [0.717, 1.165) is 26.2 Å². The van der Waals surface area contributed by atoms with Gasteiger partial charge in [-0.15, -0.1) is 0 Å². The molecule has 0 amide bonds. The maximum atomic E-state index is 8.97. The van der Waals surface area contributed by atoms with Crippen LogP contribution in [0.15, 0.2) is 18.3 Å². The lowest BCUT2D eigenvalue weighted by molar-refractivity contribution is -0.0192. The Kier molecular flexibility index (Phi) is 4.51. The summed E-state index contributed by atoms with van der Waals surface area (Å²) in [6.07, 6.45) is 1.84. The monoisotopic (exact) mass is 246 g/mol. The van der Waals surface area contributed by atoms with Crippen molar-refractivity contribution in [3.63, 3.8) is 0 Å². The number of nitrogens with one attached hydrogen (secondary N) is 1. The van der Waals surface area contributed by atoms with Gasteiger partial charge < -0.3 is 10.1 Å². The summed E-state index contributed by atoms with van der Waals surface area (Å²) in [5.41, 5.74) is 0.570. The van der Waals surface area contributed by atoms with Crippen molar-refractivity contribution in [2.24, 2.45) is 0 Å². The molecule has 1 aliphatic heterocycles. The molecule has 18 heavy (non-hydrogen) atoms. The fourth-order valence-electron chi connectivity index (χ4n) is 2.04. The Hall–Kier alpha value is -1.64. The van der Waals surface area contributed by atoms with E-state index in [1.54, 1.807) is 18.3 Å². The third-order valence-corrected chi connectivity index (χ3v) is 3.10. The molecule has 5 nitrogen and oxygen atoms in total. The predicted molar refractivity (Wildman–Crippen MR) is 69.3 cm³/mol. The number of aromatic nitrogens is 1. The average Bonchev–Trinajstić information content (AvgIpc) is 2.45. The fraction of sp³-hybridized carbons (Fsp3) is 0.538. The molecule has 1 N–H and O–H groups in total. The molecule has 1 unspecified atom stereocenters. The summed E-state index contributed by atoms with van der Waals surface area (Å²) in [6, 6.07) is 5.65. The van der Waals surface area contributed by atoms with Crippen LogP contribution in [0.5, 0.6) is 0 Å². The van der Waals surface area contributed by atoms with Crippen LogP contribution in [0.2, 0.25) is 0 Å². The second kappa shape index (κ2) is 6.34. The minimum absolute atomic E-state index is 0.159. The summed E-state index contributed by atoms with van der Waals surface area (Å²) in [5, 5.41) is 12.2. The number of morpholine rings is 1. The molecule has 96 valence electrons. The highest BCUT2D eigenvalue weighted by molar-refractivity contribution is 5.51. The molecule has 2 rings (SSSR count). The minimum atomic E-state index is 0.159. The molecule has 1 fully saturated rings. The van der Waals surface area contributed by atoms with Gasteiger partial charge in [0.1, 0.15) is 11.9 Å². The van der Waals surface area contributed by atoms with Crippen molar-refractivity contribution < 1.29 is 4.74 Å². The summed E-state index contributed by atoms with van der Waals surface area (Å²) in [5.74, 6) is 0.636. The number of likely N-dealkylation sites (N-methyl/N-ethyl adjacent to an activating group) is 1. The Bertz CT molecular complexity index is 429. The average molecular weight is 246 g/mol. The van der Waals surface area contributed by atoms with Gasteiger partial charge in [-0.05, 0) is 18.7 Å². The standard InChI is InChI=1S/C13H18N4O/c1-2-17-6-7-18-12(10-17)9-16-13-11(8-14)4-3-5-15-13/h3-5,12H,2,6-7,9-10H2,1H3,(H,15,16). The summed E-state index contributed by atoms with van der Waals surface area (Å²) in [7, 11) is 0. The Morgan fingerprint density at radius 3 is 3.33 bits per heavy atom. The van der Waals surface area contributed by atoms with E-state index < -0.39 is 0 Å². The van der Waals surface area contributed by atoms with Crippen LogP contribution >= 0.6 is 0 Å². The highest BCUT2D eigenvalue weighted by atomic mass is 16.5. The molecule has 1 aromatic rings. The number of pyridine rings is 1. The lowest BCUT2D eigenvalue weighted by Crippen LogP contribution is -2.45. The van der Waals surface area contributed by atoms with Crippen LogP contribution in [-0.2, 0) is 4.74 Å². The molecule has 0 spiro atoms. The van der Waals surface area contributed by atoms with Gasteiger partial charge in [0, 0.05) is 25.8 Å². The van der Waals surface area contributed by atoms with E-state index in [-0.39, 0.29) is 6.10 Å². The van der Waals surface area contributed by atoms with E-state index in [0.29, 0.717) is 17.9 Å². The first-order valence-electron chi connectivity index (χ1n) is 6.26. The Balaban J connectivity index is 1.89. The van der Waals surface area contributed by atoms with Gasteiger partial charge in [0.15, 0.2) is 0 Å². The van der Waals surface area contributed by atoms with Crippen LogP contribution in [0.1, 0.15) is 12.5 Å². The summed E-state index contributed by atoms with van der Waals surface area (Å²) in [4.78, 5) is 6.53. The maximum absolute atomic E-state index is 8.97. The zero-order chi connectivity index (χ0) is 12.8. The fourth-order valence-corrected chi connectivity index (χ4v) is 2.04. The van der Waals surface area contributed by atoms with E-state index in [4.69, 9.17) is 10.00 Å². The molecular weight excluding hydrogens is 228 g/mol. The summed E-state index contributed by atoms with van der Waals surface area (Å²) < 4.78 is 5.69. The number of hydrogen-bond acceptors (Lipinski definition) is 5. The smallest absolute Gasteiger partial charge is 0.143 e. The highest BCUT2D eigenvalue weighted by Gasteiger charge is 2.19. The number of anilines is 1. The maximum Gasteiger partial charge on any atom is 0.143 e. The molecule has 0 bridgehead atoms. The topological polar surface area (TPSA) is 61.2 Å². The third kappa shape index (κ3) is 3.19. The Morgan fingerprint density at radius 2 is 2.56 bits per heavy atom. The van der Waals surface area contributed by atoms with Gasteiger partial charge in [0.05, 0.1) is 18.3 Å².